The number of fused-ring (bicyclic) bond motifs is 6. The van der Waals surface area contributed by atoms with Crippen LogP contribution >= 0.6 is 0 Å². The van der Waals surface area contributed by atoms with E-state index in [0.717, 1.165) is 5.39 Å². The number of ether oxygens (including phenoxy) is 3. The van der Waals surface area contributed by atoms with Gasteiger partial charge in [-0.25, -0.2) is 14.4 Å². The third-order valence-corrected chi connectivity index (χ3v) is 7.78. The van der Waals surface area contributed by atoms with E-state index in [-0.39, 0.29) is 51.2 Å². The van der Waals surface area contributed by atoms with E-state index in [1.54, 1.807) is 18.2 Å². The number of phenolic OH excluding ortho intramolecular Hbond substituents is 3. The van der Waals surface area contributed by atoms with Crippen LogP contribution in [-0.2, 0) is 0 Å². The van der Waals surface area contributed by atoms with Crippen LogP contribution in [0.15, 0.2) is 127 Å². The largest absolute Gasteiger partial charge is 0.508 e. The Hall–Kier alpha value is -6.87. The number of hydrogen-bond acceptors (Lipinski definition) is 9. The lowest BCUT2D eigenvalue weighted by Crippen LogP contribution is -2.14. The summed E-state index contributed by atoms with van der Waals surface area (Å²) in [5.74, 6) is -1.78. The van der Waals surface area contributed by atoms with Crippen LogP contribution in [0, 0.1) is 0 Å². The maximum absolute atomic E-state index is 14.0. The molecule has 234 valence electrons. The van der Waals surface area contributed by atoms with Crippen molar-refractivity contribution in [3.63, 3.8) is 0 Å². The van der Waals surface area contributed by atoms with Crippen LogP contribution in [0.1, 0.15) is 31.1 Å². The zero-order valence-electron chi connectivity index (χ0n) is 24.9. The van der Waals surface area contributed by atoms with Crippen LogP contribution in [-0.4, -0.2) is 33.2 Å². The van der Waals surface area contributed by atoms with E-state index in [1.165, 1.54) is 78.9 Å². The Morgan fingerprint density at radius 3 is 1.33 bits per heavy atom. The summed E-state index contributed by atoms with van der Waals surface area (Å²) < 4.78 is 17.0. The van der Waals surface area contributed by atoms with Crippen molar-refractivity contribution < 1.29 is 43.9 Å². The fourth-order valence-electron chi connectivity index (χ4n) is 5.61. The quantitative estimate of drug-likeness (QED) is 0.0943. The molecule has 0 aliphatic carbocycles. The minimum Gasteiger partial charge on any atom is -0.508 e. The van der Waals surface area contributed by atoms with Gasteiger partial charge in [-0.1, -0.05) is 36.4 Å². The minimum atomic E-state index is -0.799. The zero-order valence-corrected chi connectivity index (χ0v) is 24.9. The standard InChI is InChI=1S/C39H24O9/c40-23-8-14-26(15-9-23)46-37(43)22-20-33-35-31(6-3-7-32(35)38(44)47-27-16-10-24(41)11-17-27)29-4-1-2-5-30(29)36(33)34(21-22)39(45)48-28-18-12-25(42)13-19-28/h1-21,40-42H. The van der Waals surface area contributed by atoms with Gasteiger partial charge < -0.3 is 29.5 Å². The van der Waals surface area contributed by atoms with E-state index in [2.05, 4.69) is 0 Å². The average molecular weight is 637 g/mol. The molecule has 48 heavy (non-hydrogen) atoms. The van der Waals surface area contributed by atoms with Crippen LogP contribution in [0.3, 0.4) is 0 Å². The second-order valence-electron chi connectivity index (χ2n) is 10.9. The molecule has 0 atom stereocenters. The number of phenols is 3. The fourth-order valence-corrected chi connectivity index (χ4v) is 5.61. The average Bonchev–Trinajstić information content (AvgIpc) is 3.10. The summed E-state index contributed by atoms with van der Waals surface area (Å²) in [5.41, 5.74) is 0.183. The van der Waals surface area contributed by atoms with E-state index in [9.17, 15) is 29.7 Å². The first-order chi connectivity index (χ1) is 23.2. The molecule has 0 spiro atoms. The Labute approximate surface area is 272 Å². The molecule has 7 aromatic rings. The molecular formula is C39H24O9. The maximum atomic E-state index is 14.0. The highest BCUT2D eigenvalue weighted by Crippen LogP contribution is 2.40. The van der Waals surface area contributed by atoms with Crippen LogP contribution in [0.2, 0.25) is 0 Å². The van der Waals surface area contributed by atoms with Gasteiger partial charge in [-0.3, -0.25) is 0 Å². The molecule has 0 aliphatic rings. The van der Waals surface area contributed by atoms with E-state index >= 15 is 0 Å². The third-order valence-electron chi connectivity index (χ3n) is 7.78. The molecule has 3 N–H and O–H groups in total. The number of rotatable bonds is 6. The SMILES string of the molecule is O=C(Oc1ccc(O)cc1)c1cc(C(=O)Oc2ccc(O)cc2)c2c3ccccc3c3cccc(C(=O)Oc4ccc(O)cc4)c3c2c1. The Morgan fingerprint density at radius 2 is 0.812 bits per heavy atom. The molecule has 0 aromatic heterocycles. The predicted molar refractivity (Wildman–Crippen MR) is 178 cm³/mol. The highest BCUT2D eigenvalue weighted by atomic mass is 16.5. The van der Waals surface area contributed by atoms with Crippen molar-refractivity contribution in [1.82, 2.24) is 0 Å². The lowest BCUT2D eigenvalue weighted by Gasteiger charge is -2.17. The summed E-state index contributed by atoms with van der Waals surface area (Å²) in [4.78, 5) is 41.4. The van der Waals surface area contributed by atoms with E-state index < -0.39 is 17.9 Å². The summed E-state index contributed by atoms with van der Waals surface area (Å²) in [6.07, 6.45) is 0. The summed E-state index contributed by atoms with van der Waals surface area (Å²) in [5, 5.41) is 32.4. The molecule has 0 saturated heterocycles. The lowest BCUT2D eigenvalue weighted by atomic mass is 9.88. The van der Waals surface area contributed by atoms with Crippen LogP contribution < -0.4 is 14.2 Å². The number of aromatic hydroxyl groups is 3. The van der Waals surface area contributed by atoms with Gasteiger partial charge >= 0.3 is 17.9 Å². The van der Waals surface area contributed by atoms with Crippen LogP contribution in [0.25, 0.3) is 32.3 Å². The lowest BCUT2D eigenvalue weighted by molar-refractivity contribution is 0.0723. The highest BCUT2D eigenvalue weighted by Gasteiger charge is 2.25. The molecule has 7 rings (SSSR count). The Bertz CT molecular complexity index is 2350. The van der Waals surface area contributed by atoms with Gasteiger partial charge in [-0.2, -0.15) is 0 Å². The fraction of sp³-hybridized carbons (Fsp3) is 0. The maximum Gasteiger partial charge on any atom is 0.344 e. The van der Waals surface area contributed by atoms with Gasteiger partial charge in [0, 0.05) is 10.8 Å². The van der Waals surface area contributed by atoms with E-state index in [1.807, 2.05) is 30.3 Å². The monoisotopic (exact) mass is 636 g/mol. The topological polar surface area (TPSA) is 140 Å². The summed E-state index contributed by atoms with van der Waals surface area (Å²) >= 11 is 0. The summed E-state index contributed by atoms with van der Waals surface area (Å²) in [7, 11) is 0. The second kappa shape index (κ2) is 12.1. The molecule has 0 unspecified atom stereocenters. The predicted octanol–water partition coefficient (Wildman–Crippen LogP) is 7.92. The summed E-state index contributed by atoms with van der Waals surface area (Å²) in [6.45, 7) is 0. The number of carbonyl (C=O) groups is 3. The Balaban J connectivity index is 1.48. The molecule has 9 nitrogen and oxygen atoms in total. The van der Waals surface area contributed by atoms with Gasteiger partial charge in [0.1, 0.15) is 34.5 Å². The molecule has 0 saturated carbocycles. The molecular weight excluding hydrogens is 612 g/mol. The van der Waals surface area contributed by atoms with Crippen LogP contribution in [0.4, 0.5) is 0 Å². The van der Waals surface area contributed by atoms with Gasteiger partial charge in [-0.05, 0) is 113 Å². The van der Waals surface area contributed by atoms with Gasteiger partial charge in [0.2, 0.25) is 0 Å². The van der Waals surface area contributed by atoms with Gasteiger partial charge in [0.25, 0.3) is 0 Å². The molecule has 0 radical (unpaired) electrons. The molecule has 0 bridgehead atoms. The normalized spacial score (nSPS) is 11.0. The van der Waals surface area contributed by atoms with Crippen molar-refractivity contribution in [2.45, 2.75) is 0 Å². The van der Waals surface area contributed by atoms with Crippen molar-refractivity contribution in [2.24, 2.45) is 0 Å². The minimum absolute atomic E-state index is 0.00785. The van der Waals surface area contributed by atoms with E-state index in [0.29, 0.717) is 26.9 Å². The van der Waals surface area contributed by atoms with Gasteiger partial charge in [-0.15, -0.1) is 0 Å². The number of esters is 3. The van der Waals surface area contributed by atoms with Crippen LogP contribution in [0.5, 0.6) is 34.5 Å². The molecule has 0 amide bonds. The van der Waals surface area contributed by atoms with Gasteiger partial charge in [0.15, 0.2) is 0 Å². The number of hydrogen-bond donors (Lipinski definition) is 3. The summed E-state index contributed by atoms with van der Waals surface area (Å²) in [6, 6.07) is 32.4. The van der Waals surface area contributed by atoms with E-state index in [4.69, 9.17) is 14.2 Å². The first-order valence-electron chi connectivity index (χ1n) is 14.7. The molecule has 0 heterocycles. The highest BCUT2D eigenvalue weighted by molar-refractivity contribution is 6.32. The molecule has 7 aromatic carbocycles. The second-order valence-corrected chi connectivity index (χ2v) is 10.9. The van der Waals surface area contributed by atoms with Gasteiger partial charge in [0.05, 0.1) is 16.7 Å². The third kappa shape index (κ3) is 5.67. The van der Waals surface area contributed by atoms with Crippen molar-refractivity contribution in [3.8, 4) is 34.5 Å². The first-order valence-corrected chi connectivity index (χ1v) is 14.7. The van der Waals surface area contributed by atoms with Crippen molar-refractivity contribution in [3.05, 3.63) is 144 Å². The number of benzene rings is 7. The van der Waals surface area contributed by atoms with Crippen molar-refractivity contribution >= 4 is 50.2 Å². The Kier molecular flexibility index (Phi) is 7.54. The van der Waals surface area contributed by atoms with Crippen molar-refractivity contribution in [2.75, 3.05) is 0 Å². The smallest absolute Gasteiger partial charge is 0.344 e. The first kappa shape index (κ1) is 29.8. The molecule has 0 fully saturated rings. The Morgan fingerprint density at radius 1 is 0.396 bits per heavy atom. The zero-order chi connectivity index (χ0) is 33.4. The molecule has 9 heteroatoms. The number of carbonyl (C=O) groups excluding carboxylic acids is 3. The molecule has 0 aliphatic heterocycles. The van der Waals surface area contributed by atoms with Crippen molar-refractivity contribution in [1.29, 1.82) is 0 Å².